The first-order valence-corrected chi connectivity index (χ1v) is 5.39. The molecule has 2 heterocycles. The van der Waals surface area contributed by atoms with E-state index in [9.17, 15) is 8.78 Å². The smallest absolute Gasteiger partial charge is 0.141 e. The van der Waals surface area contributed by atoms with Gasteiger partial charge in [-0.25, -0.2) is 13.8 Å². The fraction of sp³-hybridized carbons (Fsp3) is 0.0909. The van der Waals surface area contributed by atoms with Crippen molar-refractivity contribution in [1.82, 2.24) is 9.97 Å². The van der Waals surface area contributed by atoms with Crippen molar-refractivity contribution >= 4 is 15.9 Å². The maximum Gasteiger partial charge on any atom is 0.141 e. The Kier molecular flexibility index (Phi) is 5.65. The highest BCUT2D eigenvalue weighted by molar-refractivity contribution is 9.10. The Labute approximate surface area is 105 Å². The molecule has 0 aromatic carbocycles. The summed E-state index contributed by atoms with van der Waals surface area (Å²) in [5, 5.41) is 8.44. The Bertz CT molecular complexity index is 427. The molecule has 2 rings (SSSR count). The van der Waals surface area contributed by atoms with Gasteiger partial charge in [0.2, 0.25) is 0 Å². The summed E-state index contributed by atoms with van der Waals surface area (Å²) in [7, 11) is 0. The third-order valence-corrected chi connectivity index (χ3v) is 2.11. The molecule has 6 heteroatoms. The molecule has 0 unspecified atom stereocenters. The molecule has 0 bridgehead atoms. The molecule has 0 amide bonds. The van der Waals surface area contributed by atoms with Crippen LogP contribution in [-0.4, -0.2) is 15.1 Å². The molecule has 90 valence electrons. The summed E-state index contributed by atoms with van der Waals surface area (Å²) in [4.78, 5) is 7.19. The summed E-state index contributed by atoms with van der Waals surface area (Å²) >= 11 is 3.07. The largest absolute Gasteiger partial charge is 0.390 e. The first-order chi connectivity index (χ1) is 8.11. The van der Waals surface area contributed by atoms with Gasteiger partial charge in [-0.2, -0.15) is 0 Å². The van der Waals surface area contributed by atoms with Crippen LogP contribution in [0.15, 0.2) is 41.3 Å². The molecular weight excluding hydrogens is 294 g/mol. The zero-order valence-electron chi connectivity index (χ0n) is 8.65. The molecule has 0 aliphatic carbocycles. The minimum Gasteiger partial charge on any atom is -0.390 e. The van der Waals surface area contributed by atoms with Crippen molar-refractivity contribution in [3.63, 3.8) is 0 Å². The van der Waals surface area contributed by atoms with E-state index >= 15 is 0 Å². The standard InChI is InChI=1S/C6H6FNO.C5H3BrFN/c7-5-1-2-6(4-9)8-3-5;6-5-2-1-4(7)3-8-5/h1-3,9H,4H2;1-3H. The molecule has 0 atom stereocenters. The van der Waals surface area contributed by atoms with Crippen LogP contribution in [0.4, 0.5) is 8.78 Å². The maximum absolute atomic E-state index is 12.1. The minimum atomic E-state index is -0.382. The minimum absolute atomic E-state index is 0.139. The number of halogens is 3. The van der Waals surface area contributed by atoms with E-state index in [4.69, 9.17) is 5.11 Å². The van der Waals surface area contributed by atoms with Crippen molar-refractivity contribution in [3.8, 4) is 0 Å². The van der Waals surface area contributed by atoms with Crippen molar-refractivity contribution in [2.45, 2.75) is 6.61 Å². The molecule has 0 saturated heterocycles. The van der Waals surface area contributed by atoms with Crippen molar-refractivity contribution in [3.05, 3.63) is 58.6 Å². The summed E-state index contributed by atoms with van der Waals surface area (Å²) in [6, 6.07) is 5.60. The third kappa shape index (κ3) is 5.46. The summed E-state index contributed by atoms with van der Waals surface area (Å²) in [5.41, 5.74) is 0.483. The molecule has 0 spiro atoms. The summed E-state index contributed by atoms with van der Waals surface area (Å²) in [6.07, 6.45) is 2.23. The highest BCUT2D eigenvalue weighted by Gasteiger charge is 1.90. The predicted octanol–water partition coefficient (Wildman–Crippen LogP) is 2.70. The number of aliphatic hydroxyl groups excluding tert-OH is 1. The molecule has 0 fully saturated rings. The van der Waals surface area contributed by atoms with E-state index in [0.29, 0.717) is 10.3 Å². The predicted molar refractivity (Wildman–Crippen MR) is 62.0 cm³/mol. The van der Waals surface area contributed by atoms with E-state index in [0.717, 1.165) is 12.4 Å². The van der Waals surface area contributed by atoms with Crippen molar-refractivity contribution in [2.24, 2.45) is 0 Å². The summed E-state index contributed by atoms with van der Waals surface area (Å²) < 4.78 is 24.7. The SMILES string of the molecule is Fc1ccc(Br)nc1.OCc1ccc(F)cn1. The second-order valence-corrected chi connectivity index (χ2v) is 3.74. The summed E-state index contributed by atoms with van der Waals surface area (Å²) in [6.45, 7) is -0.139. The molecule has 2 aromatic rings. The van der Waals surface area contributed by atoms with Crippen LogP contribution in [0.2, 0.25) is 0 Å². The number of rotatable bonds is 1. The average molecular weight is 303 g/mol. The van der Waals surface area contributed by atoms with E-state index in [2.05, 4.69) is 25.9 Å². The Morgan fingerprint density at radius 3 is 1.94 bits per heavy atom. The van der Waals surface area contributed by atoms with Gasteiger partial charge in [0.05, 0.1) is 24.7 Å². The maximum atomic E-state index is 12.1. The van der Waals surface area contributed by atoms with Gasteiger partial charge in [-0.3, -0.25) is 4.98 Å². The van der Waals surface area contributed by atoms with Crippen LogP contribution < -0.4 is 0 Å². The molecular formula is C11H9BrF2N2O. The number of nitrogens with zero attached hydrogens (tertiary/aromatic N) is 2. The van der Waals surface area contributed by atoms with Crippen LogP contribution in [0.25, 0.3) is 0 Å². The van der Waals surface area contributed by atoms with Crippen LogP contribution in [-0.2, 0) is 6.61 Å². The fourth-order valence-electron chi connectivity index (χ4n) is 0.858. The van der Waals surface area contributed by atoms with E-state index < -0.39 is 0 Å². The lowest BCUT2D eigenvalue weighted by atomic mass is 10.4. The molecule has 0 saturated carbocycles. The second-order valence-electron chi connectivity index (χ2n) is 2.93. The van der Waals surface area contributed by atoms with E-state index in [-0.39, 0.29) is 18.2 Å². The zero-order chi connectivity index (χ0) is 12.7. The lowest BCUT2D eigenvalue weighted by Crippen LogP contribution is -1.87. The van der Waals surface area contributed by atoms with Crippen molar-refractivity contribution < 1.29 is 13.9 Å². The number of hydrogen-bond donors (Lipinski definition) is 1. The van der Waals surface area contributed by atoms with E-state index in [1.54, 1.807) is 6.07 Å². The van der Waals surface area contributed by atoms with Crippen LogP contribution in [0.5, 0.6) is 0 Å². The van der Waals surface area contributed by atoms with Crippen LogP contribution in [0.1, 0.15) is 5.69 Å². The van der Waals surface area contributed by atoms with Crippen molar-refractivity contribution in [2.75, 3.05) is 0 Å². The van der Waals surface area contributed by atoms with Gasteiger partial charge in [-0.15, -0.1) is 0 Å². The quantitative estimate of drug-likeness (QED) is 0.824. The zero-order valence-corrected chi connectivity index (χ0v) is 10.2. The van der Waals surface area contributed by atoms with Gasteiger partial charge in [0.25, 0.3) is 0 Å². The lowest BCUT2D eigenvalue weighted by Gasteiger charge is -1.90. The number of aromatic nitrogens is 2. The molecule has 0 radical (unpaired) electrons. The molecule has 0 aliphatic rings. The van der Waals surface area contributed by atoms with Gasteiger partial charge in [0, 0.05) is 0 Å². The topological polar surface area (TPSA) is 46.0 Å². The van der Waals surface area contributed by atoms with Gasteiger partial charge in [-0.05, 0) is 40.2 Å². The molecule has 0 aliphatic heterocycles. The first-order valence-electron chi connectivity index (χ1n) is 4.60. The summed E-state index contributed by atoms with van der Waals surface area (Å²) in [5.74, 6) is -0.694. The second kappa shape index (κ2) is 7.03. The number of pyridine rings is 2. The fourth-order valence-corrected chi connectivity index (χ4v) is 1.09. The monoisotopic (exact) mass is 302 g/mol. The molecule has 2 aromatic heterocycles. The molecule has 3 nitrogen and oxygen atoms in total. The van der Waals surface area contributed by atoms with Gasteiger partial charge in [0.15, 0.2) is 0 Å². The highest BCUT2D eigenvalue weighted by Crippen LogP contribution is 2.03. The van der Waals surface area contributed by atoms with E-state index in [1.807, 2.05) is 0 Å². The molecule has 17 heavy (non-hydrogen) atoms. The Morgan fingerprint density at radius 2 is 1.59 bits per heavy atom. The lowest BCUT2D eigenvalue weighted by molar-refractivity contribution is 0.276. The Morgan fingerprint density at radius 1 is 1.00 bits per heavy atom. The van der Waals surface area contributed by atoms with Gasteiger partial charge < -0.3 is 5.11 Å². The van der Waals surface area contributed by atoms with Crippen LogP contribution in [0, 0.1) is 11.6 Å². The van der Waals surface area contributed by atoms with Crippen LogP contribution in [0.3, 0.4) is 0 Å². The Balaban J connectivity index is 0.000000171. The normalized spacial score (nSPS) is 9.41. The Hall–Kier alpha value is -1.40. The molecule has 1 N–H and O–H groups in total. The van der Waals surface area contributed by atoms with E-state index in [1.165, 1.54) is 18.2 Å². The number of aliphatic hydroxyl groups is 1. The average Bonchev–Trinajstić information content (AvgIpc) is 2.35. The van der Waals surface area contributed by atoms with Gasteiger partial charge in [-0.1, -0.05) is 0 Å². The van der Waals surface area contributed by atoms with Gasteiger partial charge in [0.1, 0.15) is 16.2 Å². The van der Waals surface area contributed by atoms with Gasteiger partial charge >= 0.3 is 0 Å². The van der Waals surface area contributed by atoms with Crippen LogP contribution >= 0.6 is 15.9 Å². The number of hydrogen-bond acceptors (Lipinski definition) is 3. The van der Waals surface area contributed by atoms with Crippen molar-refractivity contribution in [1.29, 1.82) is 0 Å². The highest BCUT2D eigenvalue weighted by atomic mass is 79.9. The first kappa shape index (κ1) is 13.7. The third-order valence-electron chi connectivity index (χ3n) is 1.64.